The quantitative estimate of drug-likeness (QED) is 0.329. The van der Waals surface area contributed by atoms with Gasteiger partial charge in [-0.2, -0.15) is 0 Å². The smallest absolute Gasteiger partial charge is 0.316 e. The van der Waals surface area contributed by atoms with Crippen molar-refractivity contribution in [3.05, 3.63) is 46.0 Å². The molecule has 1 rings (SSSR count). The summed E-state index contributed by atoms with van der Waals surface area (Å²) in [5.41, 5.74) is -0.356. The molecule has 0 aromatic heterocycles. The number of carbonyl (C=O) groups is 2. The molecule has 0 radical (unpaired) electrons. The number of ether oxygens (including phenoxy) is 1. The van der Waals surface area contributed by atoms with Gasteiger partial charge in [-0.05, 0) is 5.56 Å². The average molecular weight is 279 g/mol. The van der Waals surface area contributed by atoms with Crippen molar-refractivity contribution in [3.63, 3.8) is 0 Å². The Hall–Kier alpha value is -2.24. The molecule has 108 valence electrons. The van der Waals surface area contributed by atoms with Crippen molar-refractivity contribution in [3.8, 4) is 0 Å². The van der Waals surface area contributed by atoms with Crippen molar-refractivity contribution in [2.75, 3.05) is 6.54 Å². The Labute approximate surface area is 116 Å². The number of carbonyl (C=O) groups excluding carboxylic acids is 2. The van der Waals surface area contributed by atoms with Crippen LogP contribution in [0.1, 0.15) is 19.4 Å². The Balaban J connectivity index is 2.73. The van der Waals surface area contributed by atoms with Gasteiger partial charge in [0.1, 0.15) is 18.8 Å². The standard InChI is InChI=1S/C14H17NO5/c1-14(2,10-16)12(8-15(18)19)13(17)20-9-11-6-4-3-5-7-11/h3-7,10,12H,8-9H2,1-2H3/t12-/m0/s1. The molecule has 0 N–H and O–H groups in total. The Bertz CT molecular complexity index is 484. The van der Waals surface area contributed by atoms with Crippen LogP contribution in [-0.4, -0.2) is 23.7 Å². The topological polar surface area (TPSA) is 86.5 Å². The zero-order valence-corrected chi connectivity index (χ0v) is 11.4. The highest BCUT2D eigenvalue weighted by molar-refractivity contribution is 5.78. The van der Waals surface area contributed by atoms with E-state index in [1.54, 1.807) is 24.3 Å². The average Bonchev–Trinajstić information content (AvgIpc) is 2.43. The van der Waals surface area contributed by atoms with Crippen molar-refractivity contribution < 1.29 is 19.2 Å². The van der Waals surface area contributed by atoms with Crippen LogP contribution in [0.2, 0.25) is 0 Å². The van der Waals surface area contributed by atoms with Crippen LogP contribution >= 0.6 is 0 Å². The van der Waals surface area contributed by atoms with Crippen LogP contribution < -0.4 is 0 Å². The van der Waals surface area contributed by atoms with Gasteiger partial charge in [0.25, 0.3) is 0 Å². The van der Waals surface area contributed by atoms with Crippen LogP contribution in [0, 0.1) is 21.4 Å². The highest BCUT2D eigenvalue weighted by Crippen LogP contribution is 2.26. The second-order valence-electron chi connectivity index (χ2n) is 5.10. The summed E-state index contributed by atoms with van der Waals surface area (Å²) in [7, 11) is 0. The number of rotatable bonds is 7. The van der Waals surface area contributed by atoms with Crippen molar-refractivity contribution in [1.29, 1.82) is 0 Å². The first-order valence-corrected chi connectivity index (χ1v) is 6.15. The van der Waals surface area contributed by atoms with Gasteiger partial charge < -0.3 is 9.53 Å². The summed E-state index contributed by atoms with van der Waals surface area (Å²) < 4.78 is 5.08. The maximum Gasteiger partial charge on any atom is 0.316 e. The molecule has 1 atom stereocenters. The second kappa shape index (κ2) is 6.79. The molecule has 0 spiro atoms. The molecule has 0 heterocycles. The predicted molar refractivity (Wildman–Crippen MR) is 71.4 cm³/mol. The van der Waals surface area contributed by atoms with Gasteiger partial charge in [0.05, 0.1) is 0 Å². The maximum absolute atomic E-state index is 12.0. The van der Waals surface area contributed by atoms with Gasteiger partial charge in [-0.25, -0.2) is 0 Å². The van der Waals surface area contributed by atoms with Gasteiger partial charge in [-0.15, -0.1) is 0 Å². The number of benzene rings is 1. The molecular weight excluding hydrogens is 262 g/mol. The number of nitro groups is 1. The Kier molecular flexibility index (Phi) is 5.37. The summed E-state index contributed by atoms with van der Waals surface area (Å²) in [6.07, 6.45) is 0.547. The van der Waals surface area contributed by atoms with Crippen LogP contribution in [-0.2, 0) is 20.9 Å². The fraction of sp³-hybridized carbons (Fsp3) is 0.429. The first kappa shape index (κ1) is 15.8. The van der Waals surface area contributed by atoms with E-state index in [9.17, 15) is 19.7 Å². The summed E-state index contributed by atoms with van der Waals surface area (Å²) in [5, 5.41) is 10.6. The molecule has 0 aliphatic heterocycles. The van der Waals surface area contributed by atoms with E-state index in [1.807, 2.05) is 6.07 Å². The van der Waals surface area contributed by atoms with Gasteiger partial charge in [-0.3, -0.25) is 14.9 Å². The summed E-state index contributed by atoms with van der Waals surface area (Å²) in [5.74, 6) is -1.83. The Morgan fingerprint density at radius 3 is 2.50 bits per heavy atom. The number of hydrogen-bond donors (Lipinski definition) is 0. The Morgan fingerprint density at radius 1 is 1.40 bits per heavy atom. The molecule has 0 saturated carbocycles. The van der Waals surface area contributed by atoms with E-state index in [-0.39, 0.29) is 6.61 Å². The normalized spacial score (nSPS) is 12.5. The first-order chi connectivity index (χ1) is 9.36. The third-order valence-corrected chi connectivity index (χ3v) is 3.04. The van der Waals surface area contributed by atoms with Gasteiger partial charge in [-0.1, -0.05) is 44.2 Å². The van der Waals surface area contributed by atoms with E-state index in [4.69, 9.17) is 4.74 Å². The highest BCUT2D eigenvalue weighted by atomic mass is 16.6. The molecule has 0 bridgehead atoms. The summed E-state index contributed by atoms with van der Waals surface area (Å²) in [6, 6.07) is 8.98. The molecule has 0 aliphatic rings. The molecule has 20 heavy (non-hydrogen) atoms. The van der Waals surface area contributed by atoms with Crippen molar-refractivity contribution >= 4 is 12.3 Å². The summed E-state index contributed by atoms with van der Waals surface area (Å²) >= 11 is 0. The van der Waals surface area contributed by atoms with Crippen molar-refractivity contribution in [2.45, 2.75) is 20.5 Å². The van der Waals surface area contributed by atoms with E-state index < -0.39 is 28.8 Å². The molecule has 1 aromatic rings. The molecule has 0 unspecified atom stereocenters. The zero-order valence-electron chi connectivity index (χ0n) is 11.4. The molecular formula is C14H17NO5. The van der Waals surface area contributed by atoms with Crippen LogP contribution in [0.4, 0.5) is 0 Å². The molecule has 6 heteroatoms. The summed E-state index contributed by atoms with van der Waals surface area (Å²) in [6.45, 7) is 2.37. The van der Waals surface area contributed by atoms with Gasteiger partial charge in [0, 0.05) is 10.3 Å². The molecule has 0 saturated heterocycles. The molecule has 6 nitrogen and oxygen atoms in total. The van der Waals surface area contributed by atoms with E-state index in [0.29, 0.717) is 6.29 Å². The molecule has 0 aliphatic carbocycles. The van der Waals surface area contributed by atoms with Gasteiger partial charge >= 0.3 is 5.97 Å². The van der Waals surface area contributed by atoms with Gasteiger partial charge in [0.2, 0.25) is 6.54 Å². The number of nitrogens with zero attached hydrogens (tertiary/aromatic N) is 1. The third-order valence-electron chi connectivity index (χ3n) is 3.04. The van der Waals surface area contributed by atoms with E-state index in [2.05, 4.69) is 0 Å². The van der Waals surface area contributed by atoms with E-state index in [0.717, 1.165) is 5.56 Å². The fourth-order valence-electron chi connectivity index (χ4n) is 1.67. The van der Waals surface area contributed by atoms with E-state index in [1.165, 1.54) is 13.8 Å². The lowest BCUT2D eigenvalue weighted by molar-refractivity contribution is -0.488. The second-order valence-corrected chi connectivity index (χ2v) is 5.10. The first-order valence-electron chi connectivity index (χ1n) is 6.15. The molecule has 0 amide bonds. The Morgan fingerprint density at radius 2 is 2.00 bits per heavy atom. The lowest BCUT2D eigenvalue weighted by Crippen LogP contribution is -2.38. The van der Waals surface area contributed by atoms with Crippen molar-refractivity contribution in [1.82, 2.24) is 0 Å². The molecule has 1 aromatic carbocycles. The SMILES string of the molecule is CC(C)(C=O)[C@@H](C[N+](=O)[O-])C(=O)OCc1ccccc1. The van der Waals surface area contributed by atoms with Crippen LogP contribution in [0.5, 0.6) is 0 Å². The maximum atomic E-state index is 12.0. The minimum Gasteiger partial charge on any atom is -0.460 e. The van der Waals surface area contributed by atoms with Crippen LogP contribution in [0.15, 0.2) is 30.3 Å². The van der Waals surface area contributed by atoms with Gasteiger partial charge in [0.15, 0.2) is 0 Å². The number of hydrogen-bond acceptors (Lipinski definition) is 5. The fourth-order valence-corrected chi connectivity index (χ4v) is 1.67. The van der Waals surface area contributed by atoms with Crippen LogP contribution in [0.25, 0.3) is 0 Å². The molecule has 0 fully saturated rings. The highest BCUT2D eigenvalue weighted by Gasteiger charge is 2.40. The predicted octanol–water partition coefficient (Wildman–Crippen LogP) is 1.85. The lowest BCUT2D eigenvalue weighted by atomic mass is 9.80. The largest absolute Gasteiger partial charge is 0.460 e. The zero-order chi connectivity index (χ0) is 15.2. The lowest BCUT2D eigenvalue weighted by Gasteiger charge is -2.24. The number of esters is 1. The third kappa shape index (κ3) is 4.46. The monoisotopic (exact) mass is 279 g/mol. The minimum absolute atomic E-state index is 0.0306. The van der Waals surface area contributed by atoms with Crippen LogP contribution in [0.3, 0.4) is 0 Å². The van der Waals surface area contributed by atoms with E-state index >= 15 is 0 Å². The number of aldehydes is 1. The summed E-state index contributed by atoms with van der Waals surface area (Å²) in [4.78, 5) is 33.0. The van der Waals surface area contributed by atoms with Crippen molar-refractivity contribution in [2.24, 2.45) is 11.3 Å². The minimum atomic E-state index is -1.14.